The number of esters is 1. The van der Waals surface area contributed by atoms with Gasteiger partial charge in [0.25, 0.3) is 5.91 Å². The Hall–Kier alpha value is -2.37. The van der Waals surface area contributed by atoms with Gasteiger partial charge in [0.2, 0.25) is 5.91 Å². The van der Waals surface area contributed by atoms with Crippen molar-refractivity contribution in [1.82, 2.24) is 5.32 Å². The number of nitrogens with one attached hydrogen (secondary N) is 1. The molecule has 1 saturated carbocycles. The van der Waals surface area contributed by atoms with Gasteiger partial charge in [0.1, 0.15) is 0 Å². The Balaban J connectivity index is 1.57. The first kappa shape index (κ1) is 17.5. The van der Waals surface area contributed by atoms with Crippen LogP contribution in [0.1, 0.15) is 38.7 Å². The van der Waals surface area contributed by atoms with Gasteiger partial charge < -0.3 is 15.0 Å². The Labute approximate surface area is 147 Å². The van der Waals surface area contributed by atoms with E-state index in [9.17, 15) is 14.4 Å². The van der Waals surface area contributed by atoms with Crippen molar-refractivity contribution in [2.24, 2.45) is 5.92 Å². The molecule has 25 heavy (non-hydrogen) atoms. The highest BCUT2D eigenvalue weighted by Gasteiger charge is 2.37. The molecule has 1 aromatic carbocycles. The maximum atomic E-state index is 12.3. The average Bonchev–Trinajstić information content (AvgIpc) is 3.33. The Morgan fingerprint density at radius 1 is 1.28 bits per heavy atom. The van der Waals surface area contributed by atoms with Crippen LogP contribution in [0.5, 0.6) is 0 Å². The molecule has 0 aromatic heterocycles. The number of hydrogen-bond acceptors (Lipinski definition) is 4. The lowest BCUT2D eigenvalue weighted by Gasteiger charge is -2.18. The quantitative estimate of drug-likeness (QED) is 0.799. The van der Waals surface area contributed by atoms with Crippen LogP contribution in [0.25, 0.3) is 0 Å². The lowest BCUT2D eigenvalue weighted by atomic mass is 10.1. The highest BCUT2D eigenvalue weighted by molar-refractivity contribution is 5.99. The predicted molar refractivity (Wildman–Crippen MR) is 93.0 cm³/mol. The van der Waals surface area contributed by atoms with Crippen molar-refractivity contribution in [2.45, 2.75) is 51.7 Å². The molecule has 2 aliphatic rings. The van der Waals surface area contributed by atoms with E-state index in [1.54, 1.807) is 11.8 Å². The fourth-order valence-electron chi connectivity index (χ4n) is 2.90. The number of carbonyl (C=O) groups excluding carboxylic acids is 3. The summed E-state index contributed by atoms with van der Waals surface area (Å²) in [6.07, 6.45) is 2.18. The smallest absolute Gasteiger partial charge is 0.312 e. The van der Waals surface area contributed by atoms with Crippen LogP contribution >= 0.6 is 0 Å². The van der Waals surface area contributed by atoms with Crippen LogP contribution in [0.4, 0.5) is 5.69 Å². The SMILES string of the molecule is CCc1ccc(N2C[C@H](C(=O)O[C@@H](C)C(=O)NC3CC3)CC2=O)cc1. The molecule has 1 aliphatic heterocycles. The fraction of sp³-hybridized carbons (Fsp3) is 0.526. The Morgan fingerprint density at radius 3 is 2.56 bits per heavy atom. The number of aryl methyl sites for hydroxylation is 1. The van der Waals surface area contributed by atoms with Gasteiger partial charge in [-0.2, -0.15) is 0 Å². The number of amides is 2. The minimum absolute atomic E-state index is 0.0960. The summed E-state index contributed by atoms with van der Waals surface area (Å²) < 4.78 is 5.26. The van der Waals surface area contributed by atoms with Gasteiger partial charge >= 0.3 is 5.97 Å². The number of benzene rings is 1. The van der Waals surface area contributed by atoms with Crippen molar-refractivity contribution < 1.29 is 19.1 Å². The van der Waals surface area contributed by atoms with Crippen molar-refractivity contribution in [3.05, 3.63) is 29.8 Å². The highest BCUT2D eigenvalue weighted by Crippen LogP contribution is 2.26. The lowest BCUT2D eigenvalue weighted by molar-refractivity contribution is -0.158. The molecule has 0 spiro atoms. The zero-order valence-electron chi connectivity index (χ0n) is 14.7. The minimum atomic E-state index is -0.832. The van der Waals surface area contributed by atoms with Crippen LogP contribution in [0.2, 0.25) is 0 Å². The normalized spacial score (nSPS) is 21.1. The van der Waals surface area contributed by atoms with Gasteiger partial charge in [0.15, 0.2) is 6.10 Å². The second kappa shape index (κ2) is 7.25. The molecule has 0 bridgehead atoms. The van der Waals surface area contributed by atoms with Gasteiger partial charge in [-0.3, -0.25) is 14.4 Å². The maximum absolute atomic E-state index is 12.3. The zero-order valence-corrected chi connectivity index (χ0v) is 14.7. The fourth-order valence-corrected chi connectivity index (χ4v) is 2.90. The minimum Gasteiger partial charge on any atom is -0.452 e. The molecule has 2 atom stereocenters. The van der Waals surface area contributed by atoms with Crippen LogP contribution in [0.15, 0.2) is 24.3 Å². The maximum Gasteiger partial charge on any atom is 0.312 e. The van der Waals surface area contributed by atoms with Crippen molar-refractivity contribution in [1.29, 1.82) is 0 Å². The summed E-state index contributed by atoms with van der Waals surface area (Å²) in [7, 11) is 0. The van der Waals surface area contributed by atoms with E-state index in [1.807, 2.05) is 24.3 Å². The summed E-state index contributed by atoms with van der Waals surface area (Å²) in [6, 6.07) is 7.99. The van der Waals surface area contributed by atoms with E-state index in [0.29, 0.717) is 6.54 Å². The molecule has 6 nitrogen and oxygen atoms in total. The monoisotopic (exact) mass is 344 g/mol. The first-order valence-electron chi connectivity index (χ1n) is 8.88. The van der Waals surface area contributed by atoms with Crippen LogP contribution < -0.4 is 10.2 Å². The van der Waals surface area contributed by atoms with E-state index < -0.39 is 18.0 Å². The van der Waals surface area contributed by atoms with Gasteiger partial charge in [-0.15, -0.1) is 0 Å². The van der Waals surface area contributed by atoms with Gasteiger partial charge in [0, 0.05) is 24.7 Å². The number of anilines is 1. The molecule has 0 unspecified atom stereocenters. The third-order valence-electron chi connectivity index (χ3n) is 4.70. The molecule has 6 heteroatoms. The summed E-state index contributed by atoms with van der Waals surface area (Å²) in [4.78, 5) is 38.1. The van der Waals surface area contributed by atoms with Gasteiger partial charge in [-0.1, -0.05) is 19.1 Å². The lowest BCUT2D eigenvalue weighted by Crippen LogP contribution is -2.38. The number of rotatable bonds is 6. The van der Waals surface area contributed by atoms with Crippen molar-refractivity contribution >= 4 is 23.5 Å². The molecule has 134 valence electrons. The van der Waals surface area contributed by atoms with E-state index in [4.69, 9.17) is 4.74 Å². The zero-order chi connectivity index (χ0) is 18.0. The summed E-state index contributed by atoms with van der Waals surface area (Å²) in [5.41, 5.74) is 1.99. The largest absolute Gasteiger partial charge is 0.452 e. The molecule has 2 amide bonds. The Morgan fingerprint density at radius 2 is 1.96 bits per heavy atom. The van der Waals surface area contributed by atoms with Crippen molar-refractivity contribution in [3.63, 3.8) is 0 Å². The van der Waals surface area contributed by atoms with E-state index in [2.05, 4.69) is 12.2 Å². The van der Waals surface area contributed by atoms with E-state index in [1.165, 1.54) is 5.56 Å². The first-order valence-corrected chi connectivity index (χ1v) is 8.88. The molecule has 1 heterocycles. The van der Waals surface area contributed by atoms with E-state index >= 15 is 0 Å². The molecule has 1 N–H and O–H groups in total. The highest BCUT2D eigenvalue weighted by atomic mass is 16.5. The molecule has 1 aromatic rings. The third-order valence-corrected chi connectivity index (χ3v) is 4.70. The number of nitrogens with zero attached hydrogens (tertiary/aromatic N) is 1. The van der Waals surface area contributed by atoms with E-state index in [0.717, 1.165) is 24.9 Å². The molecule has 1 aliphatic carbocycles. The van der Waals surface area contributed by atoms with E-state index in [-0.39, 0.29) is 24.3 Å². The second-order valence-corrected chi connectivity index (χ2v) is 6.79. The van der Waals surface area contributed by atoms with Gasteiger partial charge in [-0.05, 0) is 43.9 Å². The Bertz CT molecular complexity index is 667. The molecule has 2 fully saturated rings. The van der Waals surface area contributed by atoms with Crippen LogP contribution in [-0.4, -0.2) is 36.5 Å². The number of ether oxygens (including phenoxy) is 1. The predicted octanol–water partition coefficient (Wildman–Crippen LogP) is 1.81. The molecule has 3 rings (SSSR count). The summed E-state index contributed by atoms with van der Waals surface area (Å²) in [6.45, 7) is 3.93. The average molecular weight is 344 g/mol. The summed E-state index contributed by atoms with van der Waals surface area (Å²) >= 11 is 0. The summed E-state index contributed by atoms with van der Waals surface area (Å²) in [5.74, 6) is -1.39. The number of carbonyl (C=O) groups is 3. The van der Waals surface area contributed by atoms with Gasteiger partial charge in [-0.25, -0.2) is 0 Å². The first-order chi connectivity index (χ1) is 12.0. The van der Waals surface area contributed by atoms with Crippen LogP contribution in [0, 0.1) is 5.92 Å². The molecule has 0 radical (unpaired) electrons. The van der Waals surface area contributed by atoms with Crippen LogP contribution in [-0.2, 0) is 25.5 Å². The molecule has 1 saturated heterocycles. The topological polar surface area (TPSA) is 75.7 Å². The summed E-state index contributed by atoms with van der Waals surface area (Å²) in [5, 5.41) is 2.81. The third kappa shape index (κ3) is 4.18. The standard InChI is InChI=1S/C19H24N2O4/c1-3-13-4-8-16(9-5-13)21-11-14(10-17(21)22)19(24)25-12(2)18(23)20-15-6-7-15/h4-5,8-9,12,14-15H,3,6-7,10-11H2,1-2H3,(H,20,23)/t12-,14+/m0/s1. The van der Waals surface area contributed by atoms with Gasteiger partial charge in [0.05, 0.1) is 5.92 Å². The Kier molecular flexibility index (Phi) is 5.06. The second-order valence-electron chi connectivity index (χ2n) is 6.79. The van der Waals surface area contributed by atoms with Crippen molar-refractivity contribution in [2.75, 3.05) is 11.4 Å². The molecular formula is C19H24N2O4. The van der Waals surface area contributed by atoms with Crippen LogP contribution in [0.3, 0.4) is 0 Å². The molecular weight excluding hydrogens is 320 g/mol. The van der Waals surface area contributed by atoms with Crippen molar-refractivity contribution in [3.8, 4) is 0 Å². The number of hydrogen-bond donors (Lipinski definition) is 1.